The molecule has 0 aliphatic carbocycles. The van der Waals surface area contributed by atoms with Gasteiger partial charge in [0.05, 0.1) is 11.4 Å². The van der Waals surface area contributed by atoms with E-state index in [9.17, 15) is 0 Å². The van der Waals surface area contributed by atoms with E-state index in [1.807, 2.05) is 207 Å². The van der Waals surface area contributed by atoms with Crippen LogP contribution in [-0.4, -0.2) is 64.8 Å². The van der Waals surface area contributed by atoms with E-state index in [2.05, 4.69) is 42.5 Å². The SMILES string of the molecule is c1ccc(-c2cc(-c3ccccc3)nc(-c3ncc4c5cc(-c6ccc(-c7nc(-c8ccccc8)nc(-c8ncc9c%10ccccc%10c%10cnc(-c%11ccccc%11)nc%10c9n8)n7)cc6)ccc5c5cnc(-c6ccccc6)nc5c4n3)n2)cc1. The third kappa shape index (κ3) is 8.55. The molecular formula is C71H41N13. The molecule has 0 amide bonds. The molecule has 0 radical (unpaired) electrons. The van der Waals surface area contributed by atoms with Gasteiger partial charge in [-0.15, -0.1) is 0 Å². The molecule has 6 heterocycles. The van der Waals surface area contributed by atoms with Crippen LogP contribution in [-0.2, 0) is 0 Å². The van der Waals surface area contributed by atoms with Crippen LogP contribution in [0.15, 0.2) is 249 Å². The lowest BCUT2D eigenvalue weighted by atomic mass is 9.96. The molecule has 13 nitrogen and oxygen atoms in total. The van der Waals surface area contributed by atoms with Gasteiger partial charge in [0, 0.05) is 79.7 Å². The lowest BCUT2D eigenvalue weighted by Crippen LogP contribution is -2.03. The van der Waals surface area contributed by atoms with Gasteiger partial charge in [0.15, 0.2) is 40.8 Å². The smallest absolute Gasteiger partial charge is 0.201 e. The van der Waals surface area contributed by atoms with Crippen molar-refractivity contribution in [3.63, 3.8) is 0 Å². The molecule has 13 heteroatoms. The number of benzene rings is 10. The quantitative estimate of drug-likeness (QED) is 0.125. The first-order valence-corrected chi connectivity index (χ1v) is 27.4. The predicted molar refractivity (Wildman–Crippen MR) is 332 cm³/mol. The highest BCUT2D eigenvalue weighted by molar-refractivity contribution is 6.24. The molecule has 10 aromatic carbocycles. The van der Waals surface area contributed by atoms with Gasteiger partial charge in [-0.3, -0.25) is 0 Å². The molecule has 390 valence electrons. The second-order valence-corrected chi connectivity index (χ2v) is 20.3. The molecule has 16 aromatic rings. The zero-order valence-electron chi connectivity index (χ0n) is 44.5. The van der Waals surface area contributed by atoms with Gasteiger partial charge >= 0.3 is 0 Å². The maximum atomic E-state index is 5.33. The summed E-state index contributed by atoms with van der Waals surface area (Å²) in [5.74, 6) is 3.61. The first-order valence-electron chi connectivity index (χ1n) is 27.4. The Labute approximate surface area is 479 Å². The molecule has 0 N–H and O–H groups in total. The van der Waals surface area contributed by atoms with Crippen molar-refractivity contribution in [3.05, 3.63) is 249 Å². The molecule has 0 fully saturated rings. The highest BCUT2D eigenvalue weighted by Crippen LogP contribution is 2.39. The van der Waals surface area contributed by atoms with E-state index in [1.165, 1.54) is 0 Å². The number of rotatable bonds is 9. The second-order valence-electron chi connectivity index (χ2n) is 20.3. The zero-order valence-corrected chi connectivity index (χ0v) is 44.5. The Kier molecular flexibility index (Phi) is 11.5. The molecule has 16 rings (SSSR count). The predicted octanol–water partition coefficient (Wildman–Crippen LogP) is 15.7. The van der Waals surface area contributed by atoms with Crippen molar-refractivity contribution in [2.45, 2.75) is 0 Å². The molecular weight excluding hydrogens is 1030 g/mol. The lowest BCUT2D eigenvalue weighted by Gasteiger charge is -2.13. The van der Waals surface area contributed by atoms with Crippen molar-refractivity contribution in [1.29, 1.82) is 0 Å². The van der Waals surface area contributed by atoms with Gasteiger partial charge in [0.2, 0.25) is 5.82 Å². The van der Waals surface area contributed by atoms with Crippen LogP contribution in [0.25, 0.3) is 168 Å². The average molecular weight is 1080 g/mol. The number of hydrogen-bond donors (Lipinski definition) is 0. The first kappa shape index (κ1) is 48.1. The maximum Gasteiger partial charge on any atom is 0.201 e. The summed E-state index contributed by atoms with van der Waals surface area (Å²) in [7, 11) is 0. The molecule has 0 saturated carbocycles. The summed E-state index contributed by atoms with van der Waals surface area (Å²) >= 11 is 0. The van der Waals surface area contributed by atoms with Gasteiger partial charge in [0.25, 0.3) is 0 Å². The highest BCUT2D eigenvalue weighted by atomic mass is 15.1. The van der Waals surface area contributed by atoms with Crippen molar-refractivity contribution < 1.29 is 0 Å². The maximum absolute atomic E-state index is 5.33. The minimum Gasteiger partial charge on any atom is -0.236 e. The van der Waals surface area contributed by atoms with Crippen LogP contribution in [0.4, 0.5) is 0 Å². The summed E-state index contributed by atoms with van der Waals surface area (Å²) in [6, 6.07) is 74.9. The van der Waals surface area contributed by atoms with Crippen molar-refractivity contribution in [1.82, 2.24) is 64.8 Å². The fourth-order valence-corrected chi connectivity index (χ4v) is 11.0. The number of aromatic nitrogens is 13. The Morgan fingerprint density at radius 3 is 0.929 bits per heavy atom. The van der Waals surface area contributed by atoms with Gasteiger partial charge < -0.3 is 0 Å². The summed E-state index contributed by atoms with van der Waals surface area (Å²) in [5, 5.41) is 7.36. The van der Waals surface area contributed by atoms with Crippen LogP contribution in [0.1, 0.15) is 0 Å². The Bertz CT molecular complexity index is 5170. The van der Waals surface area contributed by atoms with Gasteiger partial charge in [-0.25, -0.2) is 64.8 Å². The first-order chi connectivity index (χ1) is 41.6. The standard InChI is InChI=1S/C71H41N13/c1-6-18-43(19-7-1)58-37-59(44-20-8-2-9-21-44)77-70(76-58)68-75-41-57-53-36-49(34-35-52(53)56-39-73-65(46-24-12-4-13-25-46)79-61(56)63(57)81-68)42-30-32-48(33-31-42)67-82-66(47-26-14-5-15-27-47)83-71(84-67)69-74-40-55-51-29-17-16-28-50(51)54-38-72-64(45-22-10-3-11-23-45)78-60(54)62(55)80-69/h1-41H. The number of fused-ring (bicyclic) bond motifs is 12. The molecule has 0 bridgehead atoms. The van der Waals surface area contributed by atoms with Crippen molar-refractivity contribution in [2.75, 3.05) is 0 Å². The summed E-state index contributed by atoms with van der Waals surface area (Å²) in [6.07, 6.45) is 7.51. The van der Waals surface area contributed by atoms with E-state index in [1.54, 1.807) is 0 Å². The Balaban J connectivity index is 0.817. The van der Waals surface area contributed by atoms with Gasteiger partial charge in [-0.2, -0.15) is 0 Å². The molecule has 0 aliphatic rings. The fraction of sp³-hybridized carbons (Fsp3) is 0. The molecule has 0 saturated heterocycles. The number of nitrogens with zero attached hydrogens (tertiary/aromatic N) is 13. The van der Waals surface area contributed by atoms with E-state index in [4.69, 9.17) is 64.8 Å². The minimum absolute atomic E-state index is 0.328. The van der Waals surface area contributed by atoms with Crippen LogP contribution in [0.5, 0.6) is 0 Å². The summed E-state index contributed by atoms with van der Waals surface area (Å²) in [6.45, 7) is 0. The normalized spacial score (nSPS) is 11.6. The van der Waals surface area contributed by atoms with E-state index in [-0.39, 0.29) is 0 Å². The molecule has 0 spiro atoms. The Morgan fingerprint density at radius 1 is 0.167 bits per heavy atom. The molecule has 0 unspecified atom stereocenters. The molecule has 0 aliphatic heterocycles. The van der Waals surface area contributed by atoms with E-state index < -0.39 is 0 Å². The summed E-state index contributed by atoms with van der Waals surface area (Å²) in [4.78, 5) is 66.0. The zero-order chi connectivity index (χ0) is 55.5. The third-order valence-electron chi connectivity index (χ3n) is 15.2. The van der Waals surface area contributed by atoms with Crippen LogP contribution < -0.4 is 0 Å². The highest BCUT2D eigenvalue weighted by Gasteiger charge is 2.22. The fourth-order valence-electron chi connectivity index (χ4n) is 11.0. The molecule has 6 aromatic heterocycles. The number of hydrogen-bond acceptors (Lipinski definition) is 13. The summed E-state index contributed by atoms with van der Waals surface area (Å²) in [5.41, 5.74) is 11.6. The van der Waals surface area contributed by atoms with E-state index in [0.717, 1.165) is 99.0 Å². The Hall–Kier alpha value is -11.8. The lowest BCUT2D eigenvalue weighted by molar-refractivity contribution is 1.04. The average Bonchev–Trinajstić information content (AvgIpc) is 1.10. The van der Waals surface area contributed by atoms with Crippen molar-refractivity contribution in [3.8, 4) is 102 Å². The topological polar surface area (TPSA) is 168 Å². The van der Waals surface area contributed by atoms with E-state index in [0.29, 0.717) is 68.7 Å². The van der Waals surface area contributed by atoms with Gasteiger partial charge in [-0.1, -0.05) is 212 Å². The molecule has 0 atom stereocenters. The second kappa shape index (κ2) is 20.1. The molecule has 84 heavy (non-hydrogen) atoms. The monoisotopic (exact) mass is 1080 g/mol. The van der Waals surface area contributed by atoms with Crippen LogP contribution >= 0.6 is 0 Å². The summed E-state index contributed by atoms with van der Waals surface area (Å²) < 4.78 is 0. The van der Waals surface area contributed by atoms with E-state index >= 15 is 0 Å². The van der Waals surface area contributed by atoms with Crippen molar-refractivity contribution in [2.24, 2.45) is 0 Å². The van der Waals surface area contributed by atoms with Crippen molar-refractivity contribution >= 4 is 65.2 Å². The van der Waals surface area contributed by atoms with Crippen LogP contribution in [0, 0.1) is 0 Å². The van der Waals surface area contributed by atoms with Gasteiger partial charge in [0.1, 0.15) is 22.1 Å². The third-order valence-corrected chi connectivity index (χ3v) is 15.2. The van der Waals surface area contributed by atoms with Crippen LogP contribution in [0.2, 0.25) is 0 Å². The van der Waals surface area contributed by atoms with Crippen LogP contribution in [0.3, 0.4) is 0 Å². The largest absolute Gasteiger partial charge is 0.236 e. The van der Waals surface area contributed by atoms with Gasteiger partial charge in [-0.05, 0) is 44.8 Å². The Morgan fingerprint density at radius 2 is 0.476 bits per heavy atom. The minimum atomic E-state index is 0.328.